The fourth-order valence-electron chi connectivity index (χ4n) is 0.983. The van der Waals surface area contributed by atoms with Gasteiger partial charge in [0, 0.05) is 22.6 Å². The van der Waals surface area contributed by atoms with Crippen LogP contribution in [0.3, 0.4) is 0 Å². The molecule has 0 radical (unpaired) electrons. The van der Waals surface area contributed by atoms with Gasteiger partial charge in [0.05, 0.1) is 0 Å². The van der Waals surface area contributed by atoms with E-state index in [4.69, 9.17) is 11.5 Å². The van der Waals surface area contributed by atoms with E-state index in [1.165, 1.54) is 6.07 Å². The second kappa shape index (κ2) is 3.98. The SMILES string of the molecule is NC[C@H](N)c1c(F)cccc1Br. The van der Waals surface area contributed by atoms with Crippen molar-refractivity contribution in [2.24, 2.45) is 11.5 Å². The predicted molar refractivity (Wildman–Crippen MR) is 50.1 cm³/mol. The topological polar surface area (TPSA) is 52.0 Å². The Morgan fingerprint density at radius 2 is 2.17 bits per heavy atom. The van der Waals surface area contributed by atoms with Crippen LogP contribution in [0.15, 0.2) is 22.7 Å². The summed E-state index contributed by atoms with van der Waals surface area (Å²) in [6, 6.07) is 4.29. The molecule has 0 aliphatic rings. The summed E-state index contributed by atoms with van der Waals surface area (Å²) >= 11 is 3.21. The first-order chi connectivity index (χ1) is 5.66. The number of rotatable bonds is 2. The highest BCUT2D eigenvalue weighted by molar-refractivity contribution is 9.10. The first-order valence-electron chi connectivity index (χ1n) is 3.56. The molecule has 1 aromatic carbocycles. The van der Waals surface area contributed by atoms with E-state index >= 15 is 0 Å². The third-order valence-corrected chi connectivity index (χ3v) is 2.32. The zero-order valence-electron chi connectivity index (χ0n) is 6.43. The fraction of sp³-hybridized carbons (Fsp3) is 0.250. The zero-order chi connectivity index (χ0) is 9.14. The molecule has 0 heterocycles. The van der Waals surface area contributed by atoms with E-state index < -0.39 is 6.04 Å². The average Bonchev–Trinajstić information content (AvgIpc) is 2.03. The van der Waals surface area contributed by atoms with Gasteiger partial charge in [-0.05, 0) is 12.1 Å². The van der Waals surface area contributed by atoms with E-state index in [2.05, 4.69) is 15.9 Å². The smallest absolute Gasteiger partial charge is 0.129 e. The lowest BCUT2D eigenvalue weighted by Gasteiger charge is -2.11. The molecule has 0 unspecified atom stereocenters. The second-order valence-electron chi connectivity index (χ2n) is 2.48. The standard InChI is InChI=1S/C8H10BrFN2/c9-5-2-1-3-6(10)8(5)7(12)4-11/h1-3,7H,4,11-12H2/t7-/m0/s1. The van der Waals surface area contributed by atoms with Gasteiger partial charge < -0.3 is 11.5 Å². The molecule has 0 bridgehead atoms. The maximum absolute atomic E-state index is 13.1. The molecule has 0 spiro atoms. The van der Waals surface area contributed by atoms with Gasteiger partial charge in [-0.25, -0.2) is 4.39 Å². The van der Waals surface area contributed by atoms with Crippen LogP contribution in [0.5, 0.6) is 0 Å². The molecule has 4 N–H and O–H groups in total. The van der Waals surface area contributed by atoms with Crippen LogP contribution >= 0.6 is 15.9 Å². The molecule has 0 saturated carbocycles. The van der Waals surface area contributed by atoms with Gasteiger partial charge in [-0.1, -0.05) is 22.0 Å². The van der Waals surface area contributed by atoms with Crippen LogP contribution in [0, 0.1) is 5.82 Å². The van der Waals surface area contributed by atoms with Gasteiger partial charge >= 0.3 is 0 Å². The van der Waals surface area contributed by atoms with Gasteiger partial charge in [0.2, 0.25) is 0 Å². The Hall–Kier alpha value is -0.450. The highest BCUT2D eigenvalue weighted by Crippen LogP contribution is 2.23. The highest BCUT2D eigenvalue weighted by atomic mass is 79.9. The number of hydrogen-bond acceptors (Lipinski definition) is 2. The van der Waals surface area contributed by atoms with Crippen LogP contribution in [0.1, 0.15) is 11.6 Å². The first-order valence-corrected chi connectivity index (χ1v) is 4.35. The largest absolute Gasteiger partial charge is 0.329 e. The molecule has 12 heavy (non-hydrogen) atoms. The van der Waals surface area contributed by atoms with Crippen molar-refractivity contribution in [3.63, 3.8) is 0 Å². The minimum atomic E-state index is -0.444. The summed E-state index contributed by atoms with van der Waals surface area (Å²) in [6.07, 6.45) is 0. The van der Waals surface area contributed by atoms with Gasteiger partial charge in [0.1, 0.15) is 5.82 Å². The second-order valence-corrected chi connectivity index (χ2v) is 3.33. The molecular weight excluding hydrogens is 223 g/mol. The van der Waals surface area contributed by atoms with Crippen molar-refractivity contribution in [1.29, 1.82) is 0 Å². The fourth-order valence-corrected chi connectivity index (χ4v) is 1.62. The summed E-state index contributed by atoms with van der Waals surface area (Å²) in [5, 5.41) is 0. The van der Waals surface area contributed by atoms with Gasteiger partial charge in [0.25, 0.3) is 0 Å². The van der Waals surface area contributed by atoms with E-state index in [0.717, 1.165) is 0 Å². The number of halogens is 2. The lowest BCUT2D eigenvalue weighted by molar-refractivity contribution is 0.582. The molecule has 1 atom stereocenters. The molecular formula is C8H10BrFN2. The van der Waals surface area contributed by atoms with Crippen molar-refractivity contribution < 1.29 is 4.39 Å². The van der Waals surface area contributed by atoms with Gasteiger partial charge in [-0.3, -0.25) is 0 Å². The number of hydrogen-bond donors (Lipinski definition) is 2. The summed E-state index contributed by atoms with van der Waals surface area (Å²) < 4.78 is 13.8. The van der Waals surface area contributed by atoms with Crippen molar-refractivity contribution >= 4 is 15.9 Å². The van der Waals surface area contributed by atoms with Crippen molar-refractivity contribution in [2.75, 3.05) is 6.54 Å². The summed E-state index contributed by atoms with van der Waals surface area (Å²) in [4.78, 5) is 0. The number of benzene rings is 1. The molecule has 4 heteroatoms. The Morgan fingerprint density at radius 1 is 1.50 bits per heavy atom. The third-order valence-electron chi connectivity index (χ3n) is 1.62. The monoisotopic (exact) mass is 232 g/mol. The van der Waals surface area contributed by atoms with Gasteiger partial charge in [-0.2, -0.15) is 0 Å². The lowest BCUT2D eigenvalue weighted by Crippen LogP contribution is -2.22. The first kappa shape index (κ1) is 9.64. The zero-order valence-corrected chi connectivity index (χ0v) is 8.01. The molecule has 0 amide bonds. The summed E-state index contributed by atoms with van der Waals surface area (Å²) in [6.45, 7) is 0.236. The highest BCUT2D eigenvalue weighted by Gasteiger charge is 2.12. The molecule has 0 aromatic heterocycles. The average molecular weight is 233 g/mol. The minimum Gasteiger partial charge on any atom is -0.329 e. The van der Waals surface area contributed by atoms with Crippen LogP contribution in [0.25, 0.3) is 0 Å². The normalized spacial score (nSPS) is 13.0. The van der Waals surface area contributed by atoms with E-state index in [1.807, 2.05) is 0 Å². The van der Waals surface area contributed by atoms with Crippen LogP contribution in [-0.4, -0.2) is 6.54 Å². The third kappa shape index (κ3) is 1.83. The van der Waals surface area contributed by atoms with E-state index in [9.17, 15) is 4.39 Å². The Kier molecular flexibility index (Phi) is 3.20. The van der Waals surface area contributed by atoms with E-state index in [-0.39, 0.29) is 12.4 Å². The van der Waals surface area contributed by atoms with Crippen LogP contribution < -0.4 is 11.5 Å². The Morgan fingerprint density at radius 3 is 2.67 bits per heavy atom. The minimum absolute atomic E-state index is 0.236. The van der Waals surface area contributed by atoms with Crippen LogP contribution in [0.4, 0.5) is 4.39 Å². The number of nitrogens with two attached hydrogens (primary N) is 2. The summed E-state index contributed by atoms with van der Waals surface area (Å²) in [5.41, 5.74) is 11.4. The van der Waals surface area contributed by atoms with Crippen LogP contribution in [0.2, 0.25) is 0 Å². The van der Waals surface area contributed by atoms with Crippen LogP contribution in [-0.2, 0) is 0 Å². The Balaban J connectivity index is 3.12. The molecule has 0 aliphatic carbocycles. The lowest BCUT2D eigenvalue weighted by atomic mass is 10.1. The molecule has 1 rings (SSSR count). The molecule has 0 fully saturated rings. The molecule has 66 valence electrons. The van der Waals surface area contributed by atoms with Crippen molar-refractivity contribution in [1.82, 2.24) is 0 Å². The molecule has 0 saturated heterocycles. The van der Waals surface area contributed by atoms with Crippen molar-refractivity contribution in [3.05, 3.63) is 34.1 Å². The molecule has 1 aromatic rings. The maximum Gasteiger partial charge on any atom is 0.129 e. The quantitative estimate of drug-likeness (QED) is 0.814. The maximum atomic E-state index is 13.1. The van der Waals surface area contributed by atoms with Gasteiger partial charge in [0.15, 0.2) is 0 Å². The summed E-state index contributed by atoms with van der Waals surface area (Å²) in [7, 11) is 0. The molecule has 2 nitrogen and oxygen atoms in total. The van der Waals surface area contributed by atoms with E-state index in [0.29, 0.717) is 10.0 Å². The summed E-state index contributed by atoms with van der Waals surface area (Å²) in [5.74, 6) is -0.317. The van der Waals surface area contributed by atoms with Crippen molar-refractivity contribution in [3.8, 4) is 0 Å². The Bertz CT molecular complexity index is 258. The Labute approximate surface area is 78.9 Å². The van der Waals surface area contributed by atoms with E-state index in [1.54, 1.807) is 12.1 Å². The van der Waals surface area contributed by atoms with Crippen molar-refractivity contribution in [2.45, 2.75) is 6.04 Å². The molecule has 0 aliphatic heterocycles. The predicted octanol–water partition coefficient (Wildman–Crippen LogP) is 1.55. The van der Waals surface area contributed by atoms with Gasteiger partial charge in [-0.15, -0.1) is 0 Å².